The van der Waals surface area contributed by atoms with Crippen LogP contribution in [0.2, 0.25) is 0 Å². The molecule has 0 bridgehead atoms. The molecule has 5 heteroatoms. The second-order valence-corrected chi connectivity index (χ2v) is 7.96. The first-order valence-electron chi connectivity index (χ1n) is 10.8. The Morgan fingerprint density at radius 3 is 2.71 bits per heavy atom. The van der Waals surface area contributed by atoms with E-state index in [1.165, 1.54) is 0 Å². The fraction of sp³-hybridized carbons (Fsp3) is 0.565. The molecule has 0 N–H and O–H groups in total. The summed E-state index contributed by atoms with van der Waals surface area (Å²) in [5, 5.41) is 1.01. The highest BCUT2D eigenvalue weighted by atomic mass is 16.2. The van der Waals surface area contributed by atoms with E-state index < -0.39 is 0 Å². The van der Waals surface area contributed by atoms with Gasteiger partial charge in [-0.25, -0.2) is 0 Å². The van der Waals surface area contributed by atoms with Crippen molar-refractivity contribution in [2.75, 3.05) is 39.3 Å². The van der Waals surface area contributed by atoms with Gasteiger partial charge >= 0.3 is 0 Å². The normalized spacial score (nSPS) is 20.1. The summed E-state index contributed by atoms with van der Waals surface area (Å²) in [6.45, 7) is 13.2. The number of carbonyl (C=O) groups is 1. The Balaban J connectivity index is 1.72. The molecule has 0 radical (unpaired) electrons. The van der Waals surface area contributed by atoms with Crippen LogP contribution in [0.4, 0.5) is 0 Å². The lowest BCUT2D eigenvalue weighted by Crippen LogP contribution is -2.39. The second-order valence-electron chi connectivity index (χ2n) is 7.96. The molecule has 2 aromatic rings. The van der Waals surface area contributed by atoms with Crippen molar-refractivity contribution in [1.29, 1.82) is 0 Å². The molecule has 1 aromatic carbocycles. The Bertz CT molecular complexity index is 861. The molecule has 1 fully saturated rings. The summed E-state index contributed by atoms with van der Waals surface area (Å²) < 4.78 is 0. The number of hydrogen-bond donors (Lipinski definition) is 0. The minimum absolute atomic E-state index is 0.197. The quantitative estimate of drug-likeness (QED) is 0.799. The van der Waals surface area contributed by atoms with E-state index >= 15 is 0 Å². The molecule has 0 spiro atoms. The fourth-order valence-electron chi connectivity index (χ4n) is 4.88. The van der Waals surface area contributed by atoms with Gasteiger partial charge in [0.25, 0.3) is 5.91 Å². The van der Waals surface area contributed by atoms with Crippen molar-refractivity contribution in [1.82, 2.24) is 19.7 Å². The number of nitrogens with zero attached hydrogens (tertiary/aromatic N) is 4. The van der Waals surface area contributed by atoms with Gasteiger partial charge in [-0.1, -0.05) is 39.0 Å². The summed E-state index contributed by atoms with van der Waals surface area (Å²) in [6.07, 6.45) is 2.00. The van der Waals surface area contributed by atoms with Crippen LogP contribution in [-0.2, 0) is 13.0 Å². The van der Waals surface area contributed by atoms with Gasteiger partial charge in [0.15, 0.2) is 0 Å². The highest BCUT2D eigenvalue weighted by Crippen LogP contribution is 2.30. The van der Waals surface area contributed by atoms with E-state index in [4.69, 9.17) is 4.98 Å². The number of para-hydroxylation sites is 1. The predicted molar refractivity (Wildman–Crippen MR) is 114 cm³/mol. The number of amides is 1. The number of carbonyl (C=O) groups excluding carboxylic acids is 1. The summed E-state index contributed by atoms with van der Waals surface area (Å²) in [4.78, 5) is 25.6. The number of rotatable bonds is 5. The zero-order valence-electron chi connectivity index (χ0n) is 17.4. The first kappa shape index (κ1) is 19.3. The van der Waals surface area contributed by atoms with Crippen molar-refractivity contribution in [3.63, 3.8) is 0 Å². The first-order valence-corrected chi connectivity index (χ1v) is 10.8. The van der Waals surface area contributed by atoms with Gasteiger partial charge in [0.05, 0.1) is 11.1 Å². The number of fused-ring (bicyclic) bond motifs is 2. The highest BCUT2D eigenvalue weighted by molar-refractivity contribution is 6.07. The molecule has 28 heavy (non-hydrogen) atoms. The lowest BCUT2D eigenvalue weighted by Gasteiger charge is -2.30. The van der Waals surface area contributed by atoms with Crippen molar-refractivity contribution in [3.05, 3.63) is 41.1 Å². The lowest BCUT2D eigenvalue weighted by molar-refractivity contribution is 0.0777. The van der Waals surface area contributed by atoms with Crippen LogP contribution in [0, 0.1) is 0 Å². The molecule has 1 unspecified atom stereocenters. The molecular weight excluding hydrogens is 348 g/mol. The SMILES string of the molecule is CCN1CCc2nc3ccccc3c(C(=O)N3CCC(N(CC)CC)C3)c2C1. The summed E-state index contributed by atoms with van der Waals surface area (Å²) in [5.41, 5.74) is 4.13. The molecule has 2 aliphatic rings. The third kappa shape index (κ3) is 3.42. The van der Waals surface area contributed by atoms with Crippen LogP contribution in [0.1, 0.15) is 48.8 Å². The summed E-state index contributed by atoms with van der Waals surface area (Å²) in [7, 11) is 0. The second kappa shape index (κ2) is 8.18. The lowest BCUT2D eigenvalue weighted by atomic mass is 9.95. The van der Waals surface area contributed by atoms with Gasteiger partial charge in [-0.05, 0) is 32.1 Å². The van der Waals surface area contributed by atoms with E-state index in [0.717, 1.165) is 86.4 Å². The van der Waals surface area contributed by atoms with Crippen LogP contribution in [0.5, 0.6) is 0 Å². The van der Waals surface area contributed by atoms with Gasteiger partial charge in [0.1, 0.15) is 0 Å². The van der Waals surface area contributed by atoms with E-state index in [9.17, 15) is 4.79 Å². The monoisotopic (exact) mass is 380 g/mol. The molecule has 3 heterocycles. The van der Waals surface area contributed by atoms with Crippen LogP contribution in [0.25, 0.3) is 10.9 Å². The van der Waals surface area contributed by atoms with Gasteiger partial charge in [0.2, 0.25) is 0 Å². The number of hydrogen-bond acceptors (Lipinski definition) is 4. The van der Waals surface area contributed by atoms with E-state index in [0.29, 0.717) is 6.04 Å². The average molecular weight is 381 g/mol. The van der Waals surface area contributed by atoms with E-state index in [1.54, 1.807) is 0 Å². The molecule has 0 aliphatic carbocycles. The first-order chi connectivity index (χ1) is 13.7. The largest absolute Gasteiger partial charge is 0.337 e. The Labute approximate surface area is 168 Å². The Hall–Kier alpha value is -1.98. The summed E-state index contributed by atoms with van der Waals surface area (Å²) in [5.74, 6) is 0.197. The maximum absolute atomic E-state index is 13.7. The van der Waals surface area contributed by atoms with Crippen LogP contribution in [0.3, 0.4) is 0 Å². The average Bonchev–Trinajstić information content (AvgIpc) is 3.22. The number of likely N-dealkylation sites (N-methyl/N-ethyl adjacent to an activating group) is 2. The van der Waals surface area contributed by atoms with E-state index in [1.807, 2.05) is 18.2 Å². The van der Waals surface area contributed by atoms with Crippen molar-refractivity contribution < 1.29 is 4.79 Å². The maximum atomic E-state index is 13.7. The fourth-order valence-corrected chi connectivity index (χ4v) is 4.88. The summed E-state index contributed by atoms with van der Waals surface area (Å²) in [6, 6.07) is 8.63. The van der Waals surface area contributed by atoms with E-state index in [2.05, 4.69) is 41.5 Å². The molecule has 1 saturated heterocycles. The van der Waals surface area contributed by atoms with E-state index in [-0.39, 0.29) is 5.91 Å². The number of benzene rings is 1. The molecule has 150 valence electrons. The highest BCUT2D eigenvalue weighted by Gasteiger charge is 2.33. The maximum Gasteiger partial charge on any atom is 0.254 e. The number of likely N-dealkylation sites (tertiary alicyclic amines) is 1. The minimum Gasteiger partial charge on any atom is -0.337 e. The Morgan fingerprint density at radius 1 is 1.18 bits per heavy atom. The van der Waals surface area contributed by atoms with Crippen LogP contribution in [0.15, 0.2) is 24.3 Å². The minimum atomic E-state index is 0.197. The molecular formula is C23H32N4O. The summed E-state index contributed by atoms with van der Waals surface area (Å²) >= 11 is 0. The zero-order chi connectivity index (χ0) is 19.7. The number of pyridine rings is 1. The predicted octanol–water partition coefficient (Wildman–Crippen LogP) is 3.17. The molecule has 2 aliphatic heterocycles. The van der Waals surface area contributed by atoms with Crippen molar-refractivity contribution in [2.45, 2.75) is 46.2 Å². The van der Waals surface area contributed by atoms with Crippen LogP contribution in [-0.4, -0.2) is 70.9 Å². The Kier molecular flexibility index (Phi) is 5.65. The van der Waals surface area contributed by atoms with Crippen molar-refractivity contribution in [2.24, 2.45) is 0 Å². The third-order valence-corrected chi connectivity index (χ3v) is 6.57. The standard InChI is InChI=1S/C23H32N4O/c1-4-25-13-12-21-19(16-25)22(18-9-7-8-10-20(18)24-21)23(28)27-14-11-17(15-27)26(5-2)6-3/h7-10,17H,4-6,11-16H2,1-3H3. The third-order valence-electron chi connectivity index (χ3n) is 6.57. The zero-order valence-corrected chi connectivity index (χ0v) is 17.4. The molecule has 1 aromatic heterocycles. The van der Waals surface area contributed by atoms with Gasteiger partial charge in [0, 0.05) is 55.3 Å². The van der Waals surface area contributed by atoms with Gasteiger partial charge < -0.3 is 4.90 Å². The van der Waals surface area contributed by atoms with Gasteiger partial charge in [-0.3, -0.25) is 19.6 Å². The Morgan fingerprint density at radius 2 is 1.96 bits per heavy atom. The molecule has 1 atom stereocenters. The van der Waals surface area contributed by atoms with Crippen molar-refractivity contribution >= 4 is 16.8 Å². The van der Waals surface area contributed by atoms with Gasteiger partial charge in [-0.2, -0.15) is 0 Å². The topological polar surface area (TPSA) is 39.7 Å². The smallest absolute Gasteiger partial charge is 0.254 e. The van der Waals surface area contributed by atoms with Crippen LogP contribution < -0.4 is 0 Å². The molecule has 0 saturated carbocycles. The van der Waals surface area contributed by atoms with Crippen LogP contribution >= 0.6 is 0 Å². The molecule has 5 nitrogen and oxygen atoms in total. The van der Waals surface area contributed by atoms with Crippen molar-refractivity contribution in [3.8, 4) is 0 Å². The molecule has 4 rings (SSSR count). The van der Waals surface area contributed by atoms with Gasteiger partial charge in [-0.15, -0.1) is 0 Å². The molecule has 1 amide bonds. The number of aromatic nitrogens is 1.